The highest BCUT2D eigenvalue weighted by atomic mass is 79.9. The van der Waals surface area contributed by atoms with Gasteiger partial charge >= 0.3 is 0 Å². The number of terminal acetylenes is 1. The quantitative estimate of drug-likeness (QED) is 0.202. The van der Waals surface area contributed by atoms with Crippen molar-refractivity contribution in [3.63, 3.8) is 0 Å². The Morgan fingerprint density at radius 3 is 2.56 bits per heavy atom. The second kappa shape index (κ2) is 8.48. The van der Waals surface area contributed by atoms with Crippen LogP contribution in [0.4, 0.5) is 5.69 Å². The summed E-state index contributed by atoms with van der Waals surface area (Å²) in [5.41, 5.74) is 1.42. The van der Waals surface area contributed by atoms with E-state index in [4.69, 9.17) is 11.2 Å². The average molecular weight is 462 g/mol. The Bertz CT molecular complexity index is 917. The Kier molecular flexibility index (Phi) is 6.35. The first-order valence-corrected chi connectivity index (χ1v) is 8.46. The number of non-ortho nitro benzene ring substituents is 1. The SMILES string of the molecule is C#CCOc1c(Br)cc(C=C(C#N)c2cccc([N+](=O)[O-])c2)cc1Br. The number of nitrogens with zero attached hydrogens (tertiary/aromatic N) is 2. The molecular weight excluding hydrogens is 452 g/mol. The van der Waals surface area contributed by atoms with Crippen molar-refractivity contribution in [1.82, 2.24) is 0 Å². The van der Waals surface area contributed by atoms with Crippen molar-refractivity contribution >= 4 is 49.2 Å². The molecule has 5 nitrogen and oxygen atoms in total. The first-order valence-electron chi connectivity index (χ1n) is 6.88. The topological polar surface area (TPSA) is 76.2 Å². The van der Waals surface area contributed by atoms with Crippen molar-refractivity contribution in [3.8, 4) is 24.2 Å². The molecule has 2 rings (SSSR count). The summed E-state index contributed by atoms with van der Waals surface area (Å²) in [6, 6.07) is 11.5. The molecule has 0 amide bonds. The predicted molar refractivity (Wildman–Crippen MR) is 103 cm³/mol. The summed E-state index contributed by atoms with van der Waals surface area (Å²) in [5, 5.41) is 20.3. The van der Waals surface area contributed by atoms with Crippen LogP contribution in [0.1, 0.15) is 11.1 Å². The van der Waals surface area contributed by atoms with Crippen LogP contribution >= 0.6 is 31.9 Å². The molecule has 0 saturated carbocycles. The fraction of sp³-hybridized carbons (Fsp3) is 0.0556. The van der Waals surface area contributed by atoms with Crippen LogP contribution in [-0.4, -0.2) is 11.5 Å². The van der Waals surface area contributed by atoms with Crippen LogP contribution in [0.2, 0.25) is 0 Å². The molecule has 0 fully saturated rings. The second-order valence-electron chi connectivity index (χ2n) is 4.78. The van der Waals surface area contributed by atoms with Gasteiger partial charge in [0.15, 0.2) is 0 Å². The van der Waals surface area contributed by atoms with Gasteiger partial charge in [-0.15, -0.1) is 6.42 Å². The van der Waals surface area contributed by atoms with Gasteiger partial charge in [-0.3, -0.25) is 10.1 Å². The molecule has 0 N–H and O–H groups in total. The summed E-state index contributed by atoms with van der Waals surface area (Å²) in [5.74, 6) is 2.95. The molecule has 0 aliphatic carbocycles. The minimum absolute atomic E-state index is 0.0703. The summed E-state index contributed by atoms with van der Waals surface area (Å²) in [4.78, 5) is 10.4. The van der Waals surface area contributed by atoms with Crippen LogP contribution in [0.25, 0.3) is 11.6 Å². The number of hydrogen-bond acceptors (Lipinski definition) is 4. The van der Waals surface area contributed by atoms with Crippen molar-refractivity contribution in [2.45, 2.75) is 0 Å². The van der Waals surface area contributed by atoms with Crippen molar-refractivity contribution in [1.29, 1.82) is 5.26 Å². The zero-order valence-corrected chi connectivity index (χ0v) is 15.9. The smallest absolute Gasteiger partial charge is 0.270 e. The van der Waals surface area contributed by atoms with Gasteiger partial charge in [-0.25, -0.2) is 0 Å². The van der Waals surface area contributed by atoms with Crippen molar-refractivity contribution in [2.24, 2.45) is 0 Å². The van der Waals surface area contributed by atoms with Gasteiger partial charge in [0, 0.05) is 12.1 Å². The third-order valence-corrected chi connectivity index (χ3v) is 4.30. The lowest BCUT2D eigenvalue weighted by molar-refractivity contribution is -0.384. The standard InChI is InChI=1S/C18H10Br2N2O3/c1-2-6-25-18-16(19)8-12(9-17(18)20)7-14(11-21)13-4-3-5-15(10-13)22(23)24/h1,3-5,7-10H,6H2. The molecule has 124 valence electrons. The molecule has 7 heteroatoms. The number of ether oxygens (including phenoxy) is 1. The van der Waals surface area contributed by atoms with E-state index in [1.165, 1.54) is 12.1 Å². The van der Waals surface area contributed by atoms with Crippen LogP contribution in [0.3, 0.4) is 0 Å². The Labute approximate surface area is 161 Å². The molecule has 0 bridgehead atoms. The maximum Gasteiger partial charge on any atom is 0.270 e. The highest BCUT2D eigenvalue weighted by molar-refractivity contribution is 9.11. The van der Waals surface area contributed by atoms with Gasteiger partial charge in [-0.2, -0.15) is 5.26 Å². The Morgan fingerprint density at radius 1 is 1.32 bits per heavy atom. The van der Waals surface area contributed by atoms with Gasteiger partial charge in [-0.05, 0) is 61.2 Å². The lowest BCUT2D eigenvalue weighted by atomic mass is 10.0. The highest BCUT2D eigenvalue weighted by Crippen LogP contribution is 2.36. The molecule has 0 unspecified atom stereocenters. The van der Waals surface area contributed by atoms with E-state index in [0.717, 1.165) is 5.56 Å². The summed E-state index contributed by atoms with van der Waals surface area (Å²) in [7, 11) is 0. The first kappa shape index (κ1) is 18.7. The number of halogens is 2. The van der Waals surface area contributed by atoms with E-state index < -0.39 is 4.92 Å². The maximum atomic E-state index is 10.9. The Hall–Kier alpha value is -2.61. The van der Waals surface area contributed by atoms with Crippen LogP contribution in [0, 0.1) is 33.8 Å². The van der Waals surface area contributed by atoms with Crippen LogP contribution in [0.15, 0.2) is 45.3 Å². The largest absolute Gasteiger partial charge is 0.479 e. The lowest BCUT2D eigenvalue weighted by Crippen LogP contribution is -1.96. The van der Waals surface area contributed by atoms with E-state index in [2.05, 4.69) is 43.8 Å². The van der Waals surface area contributed by atoms with E-state index in [-0.39, 0.29) is 12.3 Å². The molecule has 2 aromatic rings. The fourth-order valence-corrected chi connectivity index (χ4v) is 3.50. The van der Waals surface area contributed by atoms with E-state index >= 15 is 0 Å². The number of allylic oxidation sites excluding steroid dienone is 1. The summed E-state index contributed by atoms with van der Waals surface area (Å²) < 4.78 is 6.77. The Morgan fingerprint density at radius 2 is 2.00 bits per heavy atom. The van der Waals surface area contributed by atoms with Gasteiger partial charge in [0.05, 0.1) is 25.5 Å². The zero-order valence-electron chi connectivity index (χ0n) is 12.7. The first-order chi connectivity index (χ1) is 12.0. The second-order valence-corrected chi connectivity index (χ2v) is 6.49. The molecule has 0 aliphatic rings. The molecule has 0 atom stereocenters. The van der Waals surface area contributed by atoms with Gasteiger partial charge in [0.1, 0.15) is 12.4 Å². The van der Waals surface area contributed by atoms with E-state index in [0.29, 0.717) is 25.8 Å². The average Bonchev–Trinajstić information content (AvgIpc) is 2.59. The lowest BCUT2D eigenvalue weighted by Gasteiger charge is -2.09. The van der Waals surface area contributed by atoms with Crippen LogP contribution in [-0.2, 0) is 0 Å². The molecule has 2 aromatic carbocycles. The van der Waals surface area contributed by atoms with Crippen molar-refractivity contribution < 1.29 is 9.66 Å². The minimum atomic E-state index is -0.497. The monoisotopic (exact) mass is 460 g/mol. The van der Waals surface area contributed by atoms with Crippen LogP contribution < -0.4 is 4.74 Å². The number of nitriles is 1. The third-order valence-electron chi connectivity index (χ3n) is 3.12. The molecular formula is C18H10Br2N2O3. The van der Waals surface area contributed by atoms with Gasteiger partial charge in [0.25, 0.3) is 5.69 Å². The molecule has 0 aromatic heterocycles. The van der Waals surface area contributed by atoms with E-state index in [1.54, 1.807) is 30.3 Å². The number of benzene rings is 2. The minimum Gasteiger partial charge on any atom is -0.479 e. The predicted octanol–water partition coefficient (Wildman–Crippen LogP) is 5.20. The summed E-state index contributed by atoms with van der Waals surface area (Å²) in [6.07, 6.45) is 6.83. The number of nitro benzene ring substituents is 1. The summed E-state index contributed by atoms with van der Waals surface area (Å²) in [6.45, 7) is 0.128. The van der Waals surface area contributed by atoms with E-state index in [1.807, 2.05) is 0 Å². The maximum absolute atomic E-state index is 10.9. The molecule has 25 heavy (non-hydrogen) atoms. The molecule has 0 radical (unpaired) electrons. The normalized spacial score (nSPS) is 10.6. The third kappa shape index (κ3) is 4.69. The van der Waals surface area contributed by atoms with Crippen LogP contribution in [0.5, 0.6) is 5.75 Å². The molecule has 0 spiro atoms. The summed E-state index contributed by atoms with van der Waals surface area (Å²) >= 11 is 6.80. The molecule has 0 heterocycles. The van der Waals surface area contributed by atoms with Gasteiger partial charge < -0.3 is 4.74 Å². The number of hydrogen-bond donors (Lipinski definition) is 0. The molecule has 0 aliphatic heterocycles. The van der Waals surface area contributed by atoms with Crippen molar-refractivity contribution in [2.75, 3.05) is 6.61 Å². The fourth-order valence-electron chi connectivity index (χ4n) is 2.05. The zero-order chi connectivity index (χ0) is 18.4. The molecule has 0 saturated heterocycles. The van der Waals surface area contributed by atoms with Gasteiger partial charge in [-0.1, -0.05) is 18.1 Å². The Balaban J connectivity index is 2.44. The van der Waals surface area contributed by atoms with Crippen molar-refractivity contribution in [3.05, 3.63) is 66.6 Å². The van der Waals surface area contributed by atoms with E-state index in [9.17, 15) is 15.4 Å². The number of rotatable bonds is 5. The number of nitro groups is 1. The van der Waals surface area contributed by atoms with Gasteiger partial charge in [0.2, 0.25) is 0 Å². The highest BCUT2D eigenvalue weighted by Gasteiger charge is 2.11.